The molecule has 0 spiro atoms. The zero-order chi connectivity index (χ0) is 25.3. The van der Waals surface area contributed by atoms with Crippen molar-refractivity contribution < 1.29 is 14.7 Å². The summed E-state index contributed by atoms with van der Waals surface area (Å²) in [7, 11) is 1.64. The molecule has 2 amide bonds. The fraction of sp³-hybridized carbons (Fsp3) is 0.448. The van der Waals surface area contributed by atoms with Gasteiger partial charge >= 0.3 is 0 Å². The van der Waals surface area contributed by atoms with E-state index in [4.69, 9.17) is 0 Å². The van der Waals surface area contributed by atoms with Crippen molar-refractivity contribution in [3.05, 3.63) is 72.1 Å². The Morgan fingerprint density at radius 1 is 1.00 bits per heavy atom. The topological polar surface area (TPSA) is 104 Å². The van der Waals surface area contributed by atoms with Crippen LogP contribution < -0.4 is 10.6 Å². The Hall–Kier alpha value is -3.32. The lowest BCUT2D eigenvalue weighted by Gasteiger charge is -2.30. The van der Waals surface area contributed by atoms with Gasteiger partial charge in [0.2, 0.25) is 5.91 Å². The van der Waals surface area contributed by atoms with Crippen molar-refractivity contribution in [1.29, 1.82) is 0 Å². The van der Waals surface area contributed by atoms with Gasteiger partial charge in [-0.2, -0.15) is 0 Å². The van der Waals surface area contributed by atoms with Crippen molar-refractivity contribution in [3.8, 4) is 0 Å². The number of aromatic nitrogens is 2. The number of aliphatic hydroxyl groups is 1. The number of amides is 2. The van der Waals surface area contributed by atoms with Gasteiger partial charge in [0.15, 0.2) is 0 Å². The summed E-state index contributed by atoms with van der Waals surface area (Å²) in [4.78, 5) is 34.7. The minimum Gasteiger partial charge on any atom is -0.391 e. The molecule has 190 valence electrons. The Bertz CT molecular complexity index is 1150. The predicted octanol–water partition coefficient (Wildman–Crippen LogP) is 4.05. The van der Waals surface area contributed by atoms with Crippen molar-refractivity contribution in [2.45, 2.75) is 63.5 Å². The predicted molar refractivity (Wildman–Crippen MR) is 140 cm³/mol. The average molecular weight is 489 g/mol. The molecule has 1 aliphatic carbocycles. The van der Waals surface area contributed by atoms with Gasteiger partial charge in [0.25, 0.3) is 5.91 Å². The van der Waals surface area contributed by atoms with Gasteiger partial charge < -0.3 is 15.7 Å². The highest BCUT2D eigenvalue weighted by atomic mass is 16.3. The van der Waals surface area contributed by atoms with Gasteiger partial charge in [0, 0.05) is 13.0 Å². The number of nitrogens with zero attached hydrogens (tertiary/aromatic N) is 2. The van der Waals surface area contributed by atoms with E-state index in [1.54, 1.807) is 7.05 Å². The van der Waals surface area contributed by atoms with Gasteiger partial charge in [-0.25, -0.2) is 4.98 Å². The highest BCUT2D eigenvalue weighted by molar-refractivity contribution is 5.94. The van der Waals surface area contributed by atoms with Crippen LogP contribution in [0.15, 0.2) is 60.8 Å². The Labute approximate surface area is 212 Å². The number of fused-ring (bicyclic) bond motifs is 1. The molecule has 1 heterocycles. The Morgan fingerprint density at radius 2 is 1.69 bits per heavy atom. The second-order valence-corrected chi connectivity index (χ2v) is 9.87. The Morgan fingerprint density at radius 3 is 2.42 bits per heavy atom. The average Bonchev–Trinajstić information content (AvgIpc) is 2.92. The molecule has 36 heavy (non-hydrogen) atoms. The Kier molecular flexibility index (Phi) is 9.01. The molecule has 2 aromatic carbocycles. The smallest absolute Gasteiger partial charge is 0.271 e. The zero-order valence-corrected chi connectivity index (χ0v) is 20.9. The molecule has 7 heteroatoms. The lowest BCUT2D eigenvalue weighted by molar-refractivity contribution is -0.126. The molecule has 0 saturated heterocycles. The normalized spacial score (nSPS) is 16.7. The highest BCUT2D eigenvalue weighted by Gasteiger charge is 2.30. The molecular formula is C29H36N4O3. The largest absolute Gasteiger partial charge is 0.391 e. The monoisotopic (exact) mass is 488 g/mol. The summed E-state index contributed by atoms with van der Waals surface area (Å²) in [6.45, 7) is 0. The number of aliphatic hydroxyl groups excluding tert-OH is 1. The third-order valence-corrected chi connectivity index (χ3v) is 7.25. The van der Waals surface area contributed by atoms with Gasteiger partial charge in [-0.15, -0.1) is 0 Å². The molecule has 1 aliphatic rings. The van der Waals surface area contributed by atoms with Crippen molar-refractivity contribution in [2.75, 3.05) is 7.05 Å². The molecule has 3 atom stereocenters. The van der Waals surface area contributed by atoms with Crippen LogP contribution in [0.25, 0.3) is 11.0 Å². The minimum atomic E-state index is -0.895. The standard InChI is InChI=1S/C29H36N4O3/c1-30-28(35)22(16-20-10-4-2-5-11-20)18-27(34)25(17-21-12-6-3-7-13-21)33-29(36)26-19-31-23-14-8-9-15-24(23)32-26/h3,6-9,12-15,19-20,22,25,27,34H,2,4-5,10-11,16-18H2,1H3,(H,30,35)(H,33,36)/t22-,25+,27+/m1/s1. The lowest BCUT2D eigenvalue weighted by Crippen LogP contribution is -2.47. The maximum absolute atomic E-state index is 13.2. The summed E-state index contributed by atoms with van der Waals surface area (Å²) in [5.74, 6) is -0.242. The molecule has 1 fully saturated rings. The molecule has 0 radical (unpaired) electrons. The van der Waals surface area contributed by atoms with Gasteiger partial charge in [-0.1, -0.05) is 74.6 Å². The fourth-order valence-corrected chi connectivity index (χ4v) is 5.26. The molecule has 0 unspecified atom stereocenters. The van der Waals surface area contributed by atoms with Crippen LogP contribution in [0.1, 0.15) is 61.0 Å². The van der Waals surface area contributed by atoms with E-state index < -0.39 is 18.1 Å². The second kappa shape index (κ2) is 12.6. The van der Waals surface area contributed by atoms with Crippen LogP contribution in [0.3, 0.4) is 0 Å². The zero-order valence-electron chi connectivity index (χ0n) is 20.9. The van der Waals surface area contributed by atoms with E-state index in [0.717, 1.165) is 24.8 Å². The number of benzene rings is 2. The summed E-state index contributed by atoms with van der Waals surface area (Å²) in [5, 5.41) is 17.1. The molecular weight excluding hydrogens is 452 g/mol. The van der Waals surface area contributed by atoms with Gasteiger partial charge in [-0.05, 0) is 42.9 Å². The first-order valence-electron chi connectivity index (χ1n) is 13.0. The molecule has 1 aromatic heterocycles. The van der Waals surface area contributed by atoms with Crippen LogP contribution in [0.4, 0.5) is 0 Å². The van der Waals surface area contributed by atoms with Gasteiger partial charge in [-0.3, -0.25) is 14.6 Å². The van der Waals surface area contributed by atoms with Crippen LogP contribution in [-0.2, 0) is 11.2 Å². The second-order valence-electron chi connectivity index (χ2n) is 9.87. The summed E-state index contributed by atoms with van der Waals surface area (Å²) in [6.07, 6.45) is 7.98. The van der Waals surface area contributed by atoms with E-state index in [0.29, 0.717) is 23.4 Å². The van der Waals surface area contributed by atoms with E-state index in [9.17, 15) is 14.7 Å². The number of para-hydroxylation sites is 2. The van der Waals surface area contributed by atoms with Gasteiger partial charge in [0.1, 0.15) is 5.69 Å². The van der Waals surface area contributed by atoms with Crippen molar-refractivity contribution >= 4 is 22.8 Å². The first-order chi connectivity index (χ1) is 17.5. The van der Waals surface area contributed by atoms with Crippen LogP contribution in [0, 0.1) is 11.8 Å². The van der Waals surface area contributed by atoms with E-state index in [1.807, 2.05) is 54.6 Å². The maximum atomic E-state index is 13.2. The molecule has 0 aliphatic heterocycles. The van der Waals surface area contributed by atoms with Crippen LogP contribution in [0.2, 0.25) is 0 Å². The summed E-state index contributed by atoms with van der Waals surface area (Å²) in [6, 6.07) is 16.6. The van der Waals surface area contributed by atoms with E-state index in [-0.39, 0.29) is 23.9 Å². The molecule has 4 rings (SSSR count). The molecule has 0 bridgehead atoms. The first-order valence-corrected chi connectivity index (χ1v) is 13.0. The maximum Gasteiger partial charge on any atom is 0.271 e. The number of rotatable bonds is 10. The number of nitrogens with one attached hydrogen (secondary N) is 2. The third-order valence-electron chi connectivity index (χ3n) is 7.25. The van der Waals surface area contributed by atoms with Crippen LogP contribution >= 0.6 is 0 Å². The number of carbonyl (C=O) groups excluding carboxylic acids is 2. The third kappa shape index (κ3) is 6.88. The fourth-order valence-electron chi connectivity index (χ4n) is 5.26. The van der Waals surface area contributed by atoms with Crippen molar-refractivity contribution in [3.63, 3.8) is 0 Å². The van der Waals surface area contributed by atoms with E-state index >= 15 is 0 Å². The Balaban J connectivity index is 1.51. The summed E-state index contributed by atoms with van der Waals surface area (Å²) >= 11 is 0. The molecule has 7 nitrogen and oxygen atoms in total. The first kappa shape index (κ1) is 25.8. The molecule has 3 N–H and O–H groups in total. The molecule has 3 aromatic rings. The van der Waals surface area contributed by atoms with Crippen LogP contribution in [-0.4, -0.2) is 46.1 Å². The summed E-state index contributed by atoms with van der Waals surface area (Å²) in [5.41, 5.74) is 2.54. The van der Waals surface area contributed by atoms with E-state index in [2.05, 4.69) is 20.6 Å². The lowest BCUT2D eigenvalue weighted by atomic mass is 9.80. The number of hydrogen-bond donors (Lipinski definition) is 3. The summed E-state index contributed by atoms with van der Waals surface area (Å²) < 4.78 is 0. The van der Waals surface area contributed by atoms with Crippen molar-refractivity contribution in [2.24, 2.45) is 11.8 Å². The highest BCUT2D eigenvalue weighted by Crippen LogP contribution is 2.31. The SMILES string of the molecule is CNC(=O)[C@H](CC1CCCCC1)C[C@H](O)[C@H](Cc1ccccc1)NC(=O)c1cnc2ccccc2n1. The quantitative estimate of drug-likeness (QED) is 0.399. The van der Waals surface area contributed by atoms with Crippen molar-refractivity contribution in [1.82, 2.24) is 20.6 Å². The number of carbonyl (C=O) groups is 2. The van der Waals surface area contributed by atoms with Gasteiger partial charge in [0.05, 0.1) is 29.4 Å². The molecule has 1 saturated carbocycles. The van der Waals surface area contributed by atoms with E-state index in [1.165, 1.54) is 25.5 Å². The number of hydrogen-bond acceptors (Lipinski definition) is 5. The van der Waals surface area contributed by atoms with Crippen LogP contribution in [0.5, 0.6) is 0 Å². The minimum absolute atomic E-state index is 0.0511.